The summed E-state index contributed by atoms with van der Waals surface area (Å²) in [4.78, 5) is 11.3. The molecule has 1 nitrogen and oxygen atoms in total. The van der Waals surface area contributed by atoms with E-state index in [0.29, 0.717) is 6.42 Å². The second-order valence-electron chi connectivity index (χ2n) is 8.25. The van der Waals surface area contributed by atoms with Gasteiger partial charge in [-0.1, -0.05) is 62.5 Å². The Labute approximate surface area is 176 Å². The molecule has 0 bridgehead atoms. The standard InChI is InChI=1S/C28H32O/c1-3-5-22-12-17-26(18-13-22)27-19-14-25(15-20-27)11-8-23-6-9-24(10-7-23)16-21-28(29)4-2/h4,6-7,9-10,14-15,19-20,22,26H,2-3,5,12-13,16-18,21H2,1H3. The Bertz CT molecular complexity index is 853. The third-order valence-electron chi connectivity index (χ3n) is 6.12. The van der Waals surface area contributed by atoms with Gasteiger partial charge in [0.15, 0.2) is 5.78 Å². The van der Waals surface area contributed by atoms with Crippen LogP contribution in [0.5, 0.6) is 0 Å². The van der Waals surface area contributed by atoms with E-state index in [9.17, 15) is 4.79 Å². The molecule has 0 spiro atoms. The lowest BCUT2D eigenvalue weighted by atomic mass is 9.77. The summed E-state index contributed by atoms with van der Waals surface area (Å²) in [6.45, 7) is 5.81. The van der Waals surface area contributed by atoms with E-state index in [4.69, 9.17) is 0 Å². The van der Waals surface area contributed by atoms with Crippen LogP contribution in [0.1, 0.15) is 80.0 Å². The van der Waals surface area contributed by atoms with Crippen LogP contribution in [0.15, 0.2) is 61.2 Å². The van der Waals surface area contributed by atoms with Gasteiger partial charge in [0, 0.05) is 17.5 Å². The van der Waals surface area contributed by atoms with E-state index in [1.807, 2.05) is 12.1 Å². The van der Waals surface area contributed by atoms with E-state index < -0.39 is 0 Å². The highest BCUT2D eigenvalue weighted by molar-refractivity contribution is 5.89. The van der Waals surface area contributed by atoms with Gasteiger partial charge < -0.3 is 0 Å². The number of carbonyl (C=O) groups is 1. The zero-order chi connectivity index (χ0) is 20.5. The van der Waals surface area contributed by atoms with E-state index in [2.05, 4.69) is 61.7 Å². The largest absolute Gasteiger partial charge is 0.295 e. The van der Waals surface area contributed by atoms with Crippen LogP contribution in [-0.4, -0.2) is 5.78 Å². The molecule has 1 heteroatoms. The summed E-state index contributed by atoms with van der Waals surface area (Å²) in [5, 5.41) is 0. The summed E-state index contributed by atoms with van der Waals surface area (Å²) < 4.78 is 0. The molecule has 1 saturated carbocycles. The number of hydrogen-bond acceptors (Lipinski definition) is 1. The lowest BCUT2D eigenvalue weighted by molar-refractivity contribution is -0.114. The summed E-state index contributed by atoms with van der Waals surface area (Å²) in [5.41, 5.74) is 4.70. The Kier molecular flexibility index (Phi) is 7.88. The van der Waals surface area contributed by atoms with Gasteiger partial charge in [-0.25, -0.2) is 0 Å². The molecule has 1 aliphatic rings. The van der Waals surface area contributed by atoms with Gasteiger partial charge in [-0.15, -0.1) is 0 Å². The van der Waals surface area contributed by atoms with Crippen molar-refractivity contribution >= 4 is 5.78 Å². The van der Waals surface area contributed by atoms with E-state index >= 15 is 0 Å². The minimum Gasteiger partial charge on any atom is -0.295 e. The number of ketones is 1. The molecule has 0 radical (unpaired) electrons. The lowest BCUT2D eigenvalue weighted by Gasteiger charge is -2.28. The lowest BCUT2D eigenvalue weighted by Crippen LogP contribution is -2.13. The fourth-order valence-corrected chi connectivity index (χ4v) is 4.30. The van der Waals surface area contributed by atoms with Crippen LogP contribution in [0.3, 0.4) is 0 Å². The number of allylic oxidation sites excluding steroid dienone is 1. The number of benzene rings is 2. The van der Waals surface area contributed by atoms with Crippen molar-refractivity contribution in [2.75, 3.05) is 0 Å². The first-order valence-corrected chi connectivity index (χ1v) is 11.0. The molecule has 0 heterocycles. The smallest absolute Gasteiger partial charge is 0.155 e. The highest BCUT2D eigenvalue weighted by atomic mass is 16.1. The van der Waals surface area contributed by atoms with Gasteiger partial charge in [0.1, 0.15) is 0 Å². The molecule has 0 amide bonds. The molecule has 0 atom stereocenters. The molecule has 150 valence electrons. The first-order valence-electron chi connectivity index (χ1n) is 11.0. The van der Waals surface area contributed by atoms with Gasteiger partial charge in [-0.2, -0.15) is 0 Å². The Morgan fingerprint density at radius 1 is 0.966 bits per heavy atom. The fraction of sp³-hybridized carbons (Fsp3) is 0.393. The minimum absolute atomic E-state index is 0.0892. The fourth-order valence-electron chi connectivity index (χ4n) is 4.30. The van der Waals surface area contributed by atoms with E-state index in [0.717, 1.165) is 34.9 Å². The maximum absolute atomic E-state index is 11.3. The topological polar surface area (TPSA) is 17.1 Å². The van der Waals surface area contributed by atoms with Crippen LogP contribution in [0.4, 0.5) is 0 Å². The number of aryl methyl sites for hydroxylation is 1. The maximum atomic E-state index is 11.3. The SMILES string of the molecule is C=CC(=O)CCc1ccc(C#Cc2ccc(C3CCC(CCC)CC3)cc2)cc1. The zero-order valence-corrected chi connectivity index (χ0v) is 17.6. The molecule has 0 aromatic heterocycles. The molecule has 2 aromatic carbocycles. The van der Waals surface area contributed by atoms with E-state index in [1.54, 1.807) is 0 Å². The molecule has 1 fully saturated rings. The molecule has 2 aromatic rings. The molecular formula is C28H32O. The van der Waals surface area contributed by atoms with Crippen molar-refractivity contribution in [1.82, 2.24) is 0 Å². The van der Waals surface area contributed by atoms with Crippen LogP contribution >= 0.6 is 0 Å². The average molecular weight is 385 g/mol. The maximum Gasteiger partial charge on any atom is 0.155 e. The molecule has 3 rings (SSSR count). The van der Waals surface area contributed by atoms with Crippen molar-refractivity contribution in [1.29, 1.82) is 0 Å². The normalized spacial score (nSPS) is 18.5. The van der Waals surface area contributed by atoms with Gasteiger partial charge in [-0.3, -0.25) is 4.79 Å². The summed E-state index contributed by atoms with van der Waals surface area (Å²) >= 11 is 0. The Morgan fingerprint density at radius 3 is 2.10 bits per heavy atom. The second-order valence-corrected chi connectivity index (χ2v) is 8.25. The summed E-state index contributed by atoms with van der Waals surface area (Å²) in [5.74, 6) is 8.30. The van der Waals surface area contributed by atoms with Crippen molar-refractivity contribution in [3.8, 4) is 11.8 Å². The highest BCUT2D eigenvalue weighted by Crippen LogP contribution is 2.37. The van der Waals surface area contributed by atoms with E-state index in [1.165, 1.54) is 50.2 Å². The van der Waals surface area contributed by atoms with E-state index in [-0.39, 0.29) is 5.78 Å². The molecular weight excluding hydrogens is 352 g/mol. The highest BCUT2D eigenvalue weighted by Gasteiger charge is 2.21. The van der Waals surface area contributed by atoms with Crippen LogP contribution in [0, 0.1) is 17.8 Å². The average Bonchev–Trinajstić information content (AvgIpc) is 2.78. The molecule has 0 saturated heterocycles. The van der Waals surface area contributed by atoms with Gasteiger partial charge in [0.25, 0.3) is 0 Å². The van der Waals surface area contributed by atoms with Crippen LogP contribution in [0.2, 0.25) is 0 Å². The number of rotatable bonds is 7. The predicted octanol–water partition coefficient (Wildman–Crippen LogP) is 6.85. The number of carbonyl (C=O) groups excluding carboxylic acids is 1. The quantitative estimate of drug-likeness (QED) is 0.377. The minimum atomic E-state index is 0.0892. The Balaban J connectivity index is 1.54. The third-order valence-corrected chi connectivity index (χ3v) is 6.12. The summed E-state index contributed by atoms with van der Waals surface area (Å²) in [6.07, 6.45) is 10.8. The third kappa shape index (κ3) is 6.47. The van der Waals surface area contributed by atoms with Crippen molar-refractivity contribution in [2.45, 2.75) is 64.2 Å². The number of hydrogen-bond donors (Lipinski definition) is 0. The van der Waals surface area contributed by atoms with Gasteiger partial charge in [0.2, 0.25) is 0 Å². The van der Waals surface area contributed by atoms with Crippen LogP contribution in [0.25, 0.3) is 0 Å². The van der Waals surface area contributed by atoms with Crippen LogP contribution < -0.4 is 0 Å². The van der Waals surface area contributed by atoms with Gasteiger partial charge in [-0.05, 0) is 85.4 Å². The Hall–Kier alpha value is -2.59. The van der Waals surface area contributed by atoms with Gasteiger partial charge in [0.05, 0.1) is 0 Å². The second kappa shape index (κ2) is 10.8. The Morgan fingerprint density at radius 2 is 1.55 bits per heavy atom. The molecule has 0 aliphatic heterocycles. The zero-order valence-electron chi connectivity index (χ0n) is 17.6. The monoisotopic (exact) mass is 384 g/mol. The first kappa shape index (κ1) is 21.1. The van der Waals surface area contributed by atoms with Crippen molar-refractivity contribution < 1.29 is 4.79 Å². The molecule has 1 aliphatic carbocycles. The first-order chi connectivity index (χ1) is 14.2. The van der Waals surface area contributed by atoms with Crippen LogP contribution in [-0.2, 0) is 11.2 Å². The summed E-state index contributed by atoms with van der Waals surface area (Å²) in [6, 6.07) is 17.0. The van der Waals surface area contributed by atoms with Gasteiger partial charge >= 0.3 is 0 Å². The predicted molar refractivity (Wildman–Crippen MR) is 122 cm³/mol. The molecule has 29 heavy (non-hydrogen) atoms. The summed E-state index contributed by atoms with van der Waals surface area (Å²) in [7, 11) is 0. The molecule has 0 unspecified atom stereocenters. The molecule has 0 N–H and O–H groups in total. The van der Waals surface area contributed by atoms with Crippen molar-refractivity contribution in [3.63, 3.8) is 0 Å². The van der Waals surface area contributed by atoms with Crippen molar-refractivity contribution in [3.05, 3.63) is 83.4 Å². The van der Waals surface area contributed by atoms with Crippen molar-refractivity contribution in [2.24, 2.45) is 5.92 Å².